The van der Waals surface area contributed by atoms with Crippen LogP contribution < -0.4 is 0 Å². The van der Waals surface area contributed by atoms with Gasteiger partial charge in [0.25, 0.3) is 5.91 Å². The van der Waals surface area contributed by atoms with E-state index in [2.05, 4.69) is 54.5 Å². The number of rotatable bonds is 3. The van der Waals surface area contributed by atoms with Gasteiger partial charge in [0.05, 0.1) is 5.56 Å². The van der Waals surface area contributed by atoms with Crippen molar-refractivity contribution in [3.8, 4) is 0 Å². The fourth-order valence-corrected chi connectivity index (χ4v) is 2.67. The fraction of sp³-hybridized carbons (Fsp3) is 0.364. The van der Waals surface area contributed by atoms with Crippen LogP contribution in [0.25, 0.3) is 0 Å². The third kappa shape index (κ3) is 4.00. The lowest BCUT2D eigenvalue weighted by molar-refractivity contribution is 0.0796. The summed E-state index contributed by atoms with van der Waals surface area (Å²) >= 11 is 9.05. The summed E-state index contributed by atoms with van der Waals surface area (Å²) in [4.78, 5) is 14.1. The summed E-state index contributed by atoms with van der Waals surface area (Å²) in [7, 11) is 1.81. The smallest absolute Gasteiger partial charge is 0.254 e. The Morgan fingerprint density at radius 2 is 2.19 bits per heavy atom. The zero-order chi connectivity index (χ0) is 12.3. The van der Waals surface area contributed by atoms with Gasteiger partial charge in [0, 0.05) is 26.5 Å². The maximum Gasteiger partial charge on any atom is 0.254 e. The lowest BCUT2D eigenvalue weighted by Crippen LogP contribution is -2.31. The molecule has 0 saturated carbocycles. The molecule has 0 radical (unpaired) electrons. The van der Waals surface area contributed by atoms with Crippen LogP contribution in [0.5, 0.6) is 0 Å². The van der Waals surface area contributed by atoms with Crippen LogP contribution in [0, 0.1) is 3.57 Å². The van der Waals surface area contributed by atoms with E-state index < -0.39 is 0 Å². The molecule has 2 nitrogen and oxygen atoms in total. The minimum Gasteiger partial charge on any atom is -0.341 e. The van der Waals surface area contributed by atoms with Crippen LogP contribution in [0.4, 0.5) is 0 Å². The highest BCUT2D eigenvalue weighted by atomic mass is 127. The molecule has 88 valence electrons. The summed E-state index contributed by atoms with van der Waals surface area (Å²) in [5.74, 6) is 0.0386. The molecule has 5 heteroatoms. The third-order valence-electron chi connectivity index (χ3n) is 2.03. The Morgan fingerprint density at radius 3 is 2.75 bits per heavy atom. The topological polar surface area (TPSA) is 20.3 Å². The van der Waals surface area contributed by atoms with Gasteiger partial charge in [-0.2, -0.15) is 0 Å². The van der Waals surface area contributed by atoms with Crippen molar-refractivity contribution in [1.29, 1.82) is 0 Å². The summed E-state index contributed by atoms with van der Waals surface area (Å²) in [6.07, 6.45) is 0. The van der Waals surface area contributed by atoms with Crippen LogP contribution in [-0.4, -0.2) is 29.2 Å². The van der Waals surface area contributed by atoms with E-state index in [-0.39, 0.29) is 5.91 Å². The Morgan fingerprint density at radius 1 is 1.56 bits per heavy atom. The molecule has 0 aliphatic heterocycles. The highest BCUT2D eigenvalue weighted by Crippen LogP contribution is 2.21. The van der Waals surface area contributed by atoms with E-state index in [1.807, 2.05) is 32.2 Å². The minimum absolute atomic E-state index is 0.0386. The molecular weight excluding hydrogens is 449 g/mol. The highest BCUT2D eigenvalue weighted by molar-refractivity contribution is 14.1. The van der Waals surface area contributed by atoms with Crippen molar-refractivity contribution in [1.82, 2.24) is 4.90 Å². The van der Waals surface area contributed by atoms with Crippen molar-refractivity contribution < 1.29 is 4.79 Å². The van der Waals surface area contributed by atoms with E-state index in [9.17, 15) is 4.79 Å². The fourth-order valence-electron chi connectivity index (χ4n) is 1.33. The molecule has 0 bridgehead atoms. The van der Waals surface area contributed by atoms with Crippen LogP contribution >= 0.6 is 54.5 Å². The first kappa shape index (κ1) is 14.4. The van der Waals surface area contributed by atoms with E-state index in [1.54, 1.807) is 4.90 Å². The average molecular weight is 461 g/mol. The Bertz CT molecular complexity index is 396. The molecule has 1 rings (SSSR count). The van der Waals surface area contributed by atoms with Crippen molar-refractivity contribution in [2.45, 2.75) is 11.8 Å². The van der Waals surface area contributed by atoms with Gasteiger partial charge in [-0.15, -0.1) is 0 Å². The van der Waals surface area contributed by atoms with Crippen molar-refractivity contribution in [2.24, 2.45) is 0 Å². The number of benzene rings is 1. The van der Waals surface area contributed by atoms with Crippen molar-refractivity contribution in [3.63, 3.8) is 0 Å². The van der Waals surface area contributed by atoms with Crippen molar-refractivity contribution in [3.05, 3.63) is 31.8 Å². The Kier molecular flexibility index (Phi) is 5.73. The summed E-state index contributed by atoms with van der Waals surface area (Å²) in [5, 5.41) is 0. The second-order valence-electron chi connectivity index (χ2n) is 3.59. The molecule has 1 amide bonds. The predicted octanol–water partition coefficient (Wildman–Crippen LogP) is 3.91. The third-order valence-corrected chi connectivity index (χ3v) is 3.68. The molecule has 0 aliphatic carbocycles. The molecule has 0 spiro atoms. The molecule has 0 fully saturated rings. The molecule has 16 heavy (non-hydrogen) atoms. The molecule has 0 aromatic heterocycles. The lowest BCUT2D eigenvalue weighted by atomic mass is 10.2. The largest absolute Gasteiger partial charge is 0.341 e. The van der Waals surface area contributed by atoms with E-state index in [4.69, 9.17) is 0 Å². The second-order valence-corrected chi connectivity index (χ2v) is 7.25. The van der Waals surface area contributed by atoms with Gasteiger partial charge in [-0.05, 0) is 56.7 Å². The van der Waals surface area contributed by atoms with Gasteiger partial charge in [0.15, 0.2) is 0 Å². The second kappa shape index (κ2) is 6.35. The molecule has 0 heterocycles. The maximum atomic E-state index is 12.1. The SMILES string of the molecule is CC(Br)CN(C)C(=O)c1cc(I)ccc1Br. The van der Waals surface area contributed by atoms with Gasteiger partial charge in [-0.3, -0.25) is 4.79 Å². The quantitative estimate of drug-likeness (QED) is 0.495. The molecule has 0 N–H and O–H groups in total. The standard InChI is InChI=1S/C11H12Br2INO/c1-7(12)6-15(2)11(16)9-5-8(14)3-4-10(9)13/h3-5,7H,6H2,1-2H3. The van der Waals surface area contributed by atoms with E-state index >= 15 is 0 Å². The number of nitrogens with zero attached hydrogens (tertiary/aromatic N) is 1. The van der Waals surface area contributed by atoms with Crippen LogP contribution in [-0.2, 0) is 0 Å². The molecule has 1 aromatic carbocycles. The number of carbonyl (C=O) groups is 1. The summed E-state index contributed by atoms with van der Waals surface area (Å²) in [6, 6.07) is 5.76. The zero-order valence-corrected chi connectivity index (χ0v) is 14.3. The number of alkyl halides is 1. The predicted molar refractivity (Wildman–Crippen MR) is 82.2 cm³/mol. The van der Waals surface area contributed by atoms with Crippen molar-refractivity contribution >= 4 is 60.4 Å². The molecule has 0 aliphatic rings. The van der Waals surface area contributed by atoms with Gasteiger partial charge in [-0.25, -0.2) is 0 Å². The minimum atomic E-state index is 0.0386. The van der Waals surface area contributed by atoms with Gasteiger partial charge in [0.2, 0.25) is 0 Å². The Labute approximate surface area is 126 Å². The molecule has 0 saturated heterocycles. The van der Waals surface area contributed by atoms with Crippen LogP contribution in [0.3, 0.4) is 0 Å². The molecule has 1 unspecified atom stereocenters. The summed E-state index contributed by atoms with van der Waals surface area (Å²) in [6.45, 7) is 2.71. The maximum absolute atomic E-state index is 12.1. The number of carbonyl (C=O) groups excluding carboxylic acids is 1. The average Bonchev–Trinajstić information content (AvgIpc) is 2.19. The van der Waals surface area contributed by atoms with Gasteiger partial charge in [-0.1, -0.05) is 22.9 Å². The van der Waals surface area contributed by atoms with Crippen LogP contribution in [0.1, 0.15) is 17.3 Å². The first-order chi connectivity index (χ1) is 7.41. The van der Waals surface area contributed by atoms with Gasteiger partial charge in [0.1, 0.15) is 0 Å². The van der Waals surface area contributed by atoms with E-state index in [0.717, 1.165) is 8.04 Å². The highest BCUT2D eigenvalue weighted by Gasteiger charge is 2.16. The number of halogens is 3. The van der Waals surface area contributed by atoms with Crippen molar-refractivity contribution in [2.75, 3.05) is 13.6 Å². The van der Waals surface area contributed by atoms with E-state index in [0.29, 0.717) is 16.9 Å². The number of hydrogen-bond donors (Lipinski definition) is 0. The Balaban J connectivity index is 2.91. The van der Waals surface area contributed by atoms with Crippen LogP contribution in [0.15, 0.2) is 22.7 Å². The van der Waals surface area contributed by atoms with Gasteiger partial charge >= 0.3 is 0 Å². The first-order valence-electron chi connectivity index (χ1n) is 4.76. The lowest BCUT2D eigenvalue weighted by Gasteiger charge is -2.19. The summed E-state index contributed by atoms with van der Waals surface area (Å²) < 4.78 is 1.90. The normalized spacial score (nSPS) is 12.3. The number of hydrogen-bond acceptors (Lipinski definition) is 1. The number of amides is 1. The summed E-state index contributed by atoms with van der Waals surface area (Å²) in [5.41, 5.74) is 0.711. The first-order valence-corrected chi connectivity index (χ1v) is 7.55. The van der Waals surface area contributed by atoms with E-state index in [1.165, 1.54) is 0 Å². The van der Waals surface area contributed by atoms with Gasteiger partial charge < -0.3 is 4.90 Å². The Hall–Kier alpha value is 0.380. The zero-order valence-electron chi connectivity index (χ0n) is 9.01. The molecule has 1 atom stereocenters. The molecular formula is C11H12Br2INO. The molecule has 1 aromatic rings. The van der Waals surface area contributed by atoms with Crippen LogP contribution in [0.2, 0.25) is 0 Å². The monoisotopic (exact) mass is 459 g/mol.